The van der Waals surface area contributed by atoms with Crippen LogP contribution in [-0.2, 0) is 0 Å². The Bertz CT molecular complexity index is 293. The van der Waals surface area contributed by atoms with Crippen molar-refractivity contribution in [3.63, 3.8) is 0 Å². The largest absolute Gasteiger partial charge is 0.385 e. The first-order chi connectivity index (χ1) is 6.25. The van der Waals surface area contributed by atoms with Crippen LogP contribution in [0, 0.1) is 18.8 Å². The molecule has 1 nitrogen and oxygen atoms in total. The average Bonchev–Trinajstić information content (AvgIpc) is 2.79. The lowest BCUT2D eigenvalue weighted by Gasteiger charge is -2.05. The van der Waals surface area contributed by atoms with Crippen LogP contribution < -0.4 is 5.32 Å². The normalized spacial score (nSPS) is 25.7. The molecule has 0 radical (unpaired) electrons. The molecule has 1 aromatic rings. The molecule has 13 heavy (non-hydrogen) atoms. The van der Waals surface area contributed by atoms with Gasteiger partial charge in [0.05, 0.1) is 0 Å². The minimum Gasteiger partial charge on any atom is -0.385 e. The highest BCUT2D eigenvalue weighted by atomic mass is 14.9. The van der Waals surface area contributed by atoms with E-state index in [1.165, 1.54) is 17.7 Å². The second-order valence-corrected chi connectivity index (χ2v) is 4.22. The fourth-order valence-electron chi connectivity index (χ4n) is 1.69. The molecule has 0 amide bonds. The first-order valence-electron chi connectivity index (χ1n) is 5.06. The summed E-state index contributed by atoms with van der Waals surface area (Å²) in [5, 5.41) is 3.48. The van der Waals surface area contributed by atoms with Crippen molar-refractivity contribution < 1.29 is 0 Å². The monoisotopic (exact) mass is 175 g/mol. The molecule has 1 fully saturated rings. The van der Waals surface area contributed by atoms with Gasteiger partial charge >= 0.3 is 0 Å². The van der Waals surface area contributed by atoms with Crippen LogP contribution in [0.25, 0.3) is 0 Å². The molecule has 1 saturated carbocycles. The fraction of sp³-hybridized carbons (Fsp3) is 0.500. The molecule has 70 valence electrons. The Morgan fingerprint density at radius 2 is 2.23 bits per heavy atom. The first kappa shape index (κ1) is 8.61. The van der Waals surface area contributed by atoms with Crippen molar-refractivity contribution >= 4 is 5.69 Å². The predicted octanol–water partition coefficient (Wildman–Crippen LogP) is 3.06. The summed E-state index contributed by atoms with van der Waals surface area (Å²) < 4.78 is 0. The predicted molar refractivity (Wildman–Crippen MR) is 56.9 cm³/mol. The molecule has 1 aliphatic rings. The highest BCUT2D eigenvalue weighted by Gasteiger charge is 2.31. The lowest BCUT2D eigenvalue weighted by Crippen LogP contribution is -2.04. The SMILES string of the molecule is Cc1cccc(NCC2CC2C)c1. The van der Waals surface area contributed by atoms with E-state index >= 15 is 0 Å². The molecule has 0 aliphatic heterocycles. The van der Waals surface area contributed by atoms with Gasteiger partial charge in [0.15, 0.2) is 0 Å². The van der Waals surface area contributed by atoms with Gasteiger partial charge in [-0.25, -0.2) is 0 Å². The summed E-state index contributed by atoms with van der Waals surface area (Å²) in [4.78, 5) is 0. The van der Waals surface area contributed by atoms with Gasteiger partial charge in [0.1, 0.15) is 0 Å². The topological polar surface area (TPSA) is 12.0 Å². The fourth-order valence-corrected chi connectivity index (χ4v) is 1.69. The van der Waals surface area contributed by atoms with E-state index in [2.05, 4.69) is 43.4 Å². The van der Waals surface area contributed by atoms with Gasteiger partial charge in [-0.2, -0.15) is 0 Å². The smallest absolute Gasteiger partial charge is 0.0342 e. The number of hydrogen-bond donors (Lipinski definition) is 1. The Morgan fingerprint density at radius 3 is 2.85 bits per heavy atom. The Hall–Kier alpha value is -0.980. The Morgan fingerprint density at radius 1 is 1.46 bits per heavy atom. The number of hydrogen-bond acceptors (Lipinski definition) is 1. The van der Waals surface area contributed by atoms with Gasteiger partial charge < -0.3 is 5.32 Å². The zero-order valence-electron chi connectivity index (χ0n) is 8.38. The van der Waals surface area contributed by atoms with E-state index in [1.807, 2.05) is 0 Å². The van der Waals surface area contributed by atoms with Crippen molar-refractivity contribution in [3.05, 3.63) is 29.8 Å². The Labute approximate surface area is 80.2 Å². The van der Waals surface area contributed by atoms with Crippen LogP contribution in [-0.4, -0.2) is 6.54 Å². The van der Waals surface area contributed by atoms with Crippen molar-refractivity contribution in [2.24, 2.45) is 11.8 Å². The summed E-state index contributed by atoms with van der Waals surface area (Å²) >= 11 is 0. The quantitative estimate of drug-likeness (QED) is 0.744. The second kappa shape index (κ2) is 3.41. The molecular formula is C12H17N. The first-order valence-corrected chi connectivity index (χ1v) is 5.06. The second-order valence-electron chi connectivity index (χ2n) is 4.22. The molecule has 2 unspecified atom stereocenters. The maximum absolute atomic E-state index is 3.48. The van der Waals surface area contributed by atoms with E-state index in [-0.39, 0.29) is 0 Å². The summed E-state index contributed by atoms with van der Waals surface area (Å²) in [6, 6.07) is 8.58. The number of aryl methyl sites for hydroxylation is 1. The van der Waals surface area contributed by atoms with Crippen LogP contribution in [0.5, 0.6) is 0 Å². The van der Waals surface area contributed by atoms with E-state index in [0.717, 1.165) is 18.4 Å². The van der Waals surface area contributed by atoms with Crippen LogP contribution in [0.4, 0.5) is 5.69 Å². The van der Waals surface area contributed by atoms with E-state index in [0.29, 0.717) is 0 Å². The van der Waals surface area contributed by atoms with Crippen molar-refractivity contribution in [2.45, 2.75) is 20.3 Å². The van der Waals surface area contributed by atoms with Gasteiger partial charge in [0.25, 0.3) is 0 Å². The van der Waals surface area contributed by atoms with Crippen molar-refractivity contribution in [1.29, 1.82) is 0 Å². The Balaban J connectivity index is 1.87. The molecule has 0 spiro atoms. The summed E-state index contributed by atoms with van der Waals surface area (Å²) in [7, 11) is 0. The van der Waals surface area contributed by atoms with E-state index in [9.17, 15) is 0 Å². The van der Waals surface area contributed by atoms with Crippen LogP contribution in [0.15, 0.2) is 24.3 Å². The molecule has 0 aromatic heterocycles. The zero-order valence-corrected chi connectivity index (χ0v) is 8.38. The Kier molecular flexibility index (Phi) is 2.26. The van der Waals surface area contributed by atoms with Crippen molar-refractivity contribution in [1.82, 2.24) is 0 Å². The van der Waals surface area contributed by atoms with Gasteiger partial charge in [-0.15, -0.1) is 0 Å². The van der Waals surface area contributed by atoms with Gasteiger partial charge in [0, 0.05) is 12.2 Å². The van der Waals surface area contributed by atoms with Crippen LogP contribution in [0.3, 0.4) is 0 Å². The van der Waals surface area contributed by atoms with Crippen LogP contribution in [0.1, 0.15) is 18.9 Å². The lowest BCUT2D eigenvalue weighted by molar-refractivity contribution is 0.787. The molecule has 0 saturated heterocycles. The summed E-state index contributed by atoms with van der Waals surface area (Å²) in [5.41, 5.74) is 2.59. The lowest BCUT2D eigenvalue weighted by atomic mass is 10.2. The van der Waals surface area contributed by atoms with Crippen molar-refractivity contribution in [3.8, 4) is 0 Å². The maximum Gasteiger partial charge on any atom is 0.0342 e. The number of benzene rings is 1. The van der Waals surface area contributed by atoms with Gasteiger partial charge in [-0.05, 0) is 42.9 Å². The molecule has 1 aromatic carbocycles. The minimum absolute atomic E-state index is 0.917. The maximum atomic E-state index is 3.48. The molecule has 2 rings (SSSR count). The van der Waals surface area contributed by atoms with Gasteiger partial charge in [-0.3, -0.25) is 0 Å². The summed E-state index contributed by atoms with van der Waals surface area (Å²) in [6.45, 7) is 5.60. The van der Waals surface area contributed by atoms with E-state index in [4.69, 9.17) is 0 Å². The van der Waals surface area contributed by atoms with Crippen LogP contribution >= 0.6 is 0 Å². The standard InChI is InChI=1S/C12H17N/c1-9-4-3-5-12(6-9)13-8-11-7-10(11)2/h3-6,10-11,13H,7-8H2,1-2H3. The number of anilines is 1. The van der Waals surface area contributed by atoms with Gasteiger partial charge in [0.2, 0.25) is 0 Å². The average molecular weight is 175 g/mol. The number of rotatable bonds is 3. The highest BCUT2D eigenvalue weighted by Crippen LogP contribution is 2.37. The summed E-state index contributed by atoms with van der Waals surface area (Å²) in [6.07, 6.45) is 1.40. The molecule has 1 N–H and O–H groups in total. The minimum atomic E-state index is 0.917. The molecule has 1 heteroatoms. The van der Waals surface area contributed by atoms with E-state index in [1.54, 1.807) is 0 Å². The zero-order chi connectivity index (χ0) is 9.26. The highest BCUT2D eigenvalue weighted by molar-refractivity contribution is 5.45. The third-order valence-corrected chi connectivity index (χ3v) is 2.86. The molecule has 2 atom stereocenters. The van der Waals surface area contributed by atoms with Gasteiger partial charge in [-0.1, -0.05) is 19.1 Å². The van der Waals surface area contributed by atoms with Crippen molar-refractivity contribution in [2.75, 3.05) is 11.9 Å². The van der Waals surface area contributed by atoms with E-state index < -0.39 is 0 Å². The third kappa shape index (κ3) is 2.24. The number of nitrogens with one attached hydrogen (secondary N) is 1. The molecule has 1 aliphatic carbocycles. The summed E-state index contributed by atoms with van der Waals surface area (Å²) in [5.74, 6) is 1.86. The molecule has 0 heterocycles. The molecule has 0 bridgehead atoms. The molecular weight excluding hydrogens is 158 g/mol. The third-order valence-electron chi connectivity index (χ3n) is 2.86. The van der Waals surface area contributed by atoms with Crippen LogP contribution in [0.2, 0.25) is 0 Å².